The van der Waals surface area contributed by atoms with Gasteiger partial charge < -0.3 is 20.1 Å². The van der Waals surface area contributed by atoms with Crippen molar-refractivity contribution < 1.29 is 18.7 Å². The Labute approximate surface area is 137 Å². The minimum atomic E-state index is -0.523. The van der Waals surface area contributed by atoms with Crippen LogP contribution in [0.1, 0.15) is 46.2 Å². The Morgan fingerprint density at radius 1 is 1.30 bits per heavy atom. The Balaban J connectivity index is 2.47. The van der Waals surface area contributed by atoms with E-state index in [0.717, 1.165) is 5.56 Å². The second kappa shape index (κ2) is 8.15. The minimum Gasteiger partial charge on any atom is -0.494 e. The first-order valence-corrected chi connectivity index (χ1v) is 7.68. The second-order valence-corrected chi connectivity index (χ2v) is 6.57. The molecule has 0 fully saturated rings. The molecule has 0 heterocycles. The lowest BCUT2D eigenvalue weighted by Gasteiger charge is -2.23. The van der Waals surface area contributed by atoms with E-state index in [4.69, 9.17) is 9.47 Å². The van der Waals surface area contributed by atoms with Crippen molar-refractivity contribution in [3.05, 3.63) is 29.6 Å². The molecule has 2 atom stereocenters. The van der Waals surface area contributed by atoms with Gasteiger partial charge in [-0.25, -0.2) is 9.18 Å². The van der Waals surface area contributed by atoms with Crippen LogP contribution in [0.25, 0.3) is 0 Å². The fourth-order valence-electron chi connectivity index (χ4n) is 1.98. The smallest absolute Gasteiger partial charge is 0.407 e. The number of carbonyl (C=O) groups excluding carboxylic acids is 1. The highest BCUT2D eigenvalue weighted by atomic mass is 19.1. The number of rotatable bonds is 6. The average molecular weight is 326 g/mol. The maximum absolute atomic E-state index is 13.7. The van der Waals surface area contributed by atoms with Gasteiger partial charge in [-0.3, -0.25) is 0 Å². The second-order valence-electron chi connectivity index (χ2n) is 6.57. The van der Waals surface area contributed by atoms with Crippen molar-refractivity contribution in [2.75, 3.05) is 13.7 Å². The van der Waals surface area contributed by atoms with Crippen LogP contribution in [0.3, 0.4) is 0 Å². The number of amides is 1. The minimum absolute atomic E-state index is 0.0571. The Morgan fingerprint density at radius 2 is 1.96 bits per heavy atom. The van der Waals surface area contributed by atoms with Crippen LogP contribution in [0.4, 0.5) is 9.18 Å². The highest BCUT2D eigenvalue weighted by molar-refractivity contribution is 5.68. The molecule has 0 aromatic heterocycles. The first kappa shape index (κ1) is 19.2. The zero-order chi connectivity index (χ0) is 17.6. The number of halogens is 1. The zero-order valence-corrected chi connectivity index (χ0v) is 14.7. The van der Waals surface area contributed by atoms with Gasteiger partial charge in [-0.15, -0.1) is 0 Å². The molecule has 0 bridgehead atoms. The summed E-state index contributed by atoms with van der Waals surface area (Å²) >= 11 is 0. The Bertz CT molecular complexity index is 529. The quantitative estimate of drug-likeness (QED) is 0.841. The van der Waals surface area contributed by atoms with Gasteiger partial charge in [0.05, 0.1) is 7.11 Å². The van der Waals surface area contributed by atoms with Crippen LogP contribution < -0.4 is 15.4 Å². The number of alkyl carbamates (subject to hydrolysis) is 1. The van der Waals surface area contributed by atoms with E-state index < -0.39 is 17.5 Å². The third-order valence-electron chi connectivity index (χ3n) is 3.17. The van der Waals surface area contributed by atoms with Crippen molar-refractivity contribution in [2.24, 2.45) is 0 Å². The molecule has 2 N–H and O–H groups in total. The fraction of sp³-hybridized carbons (Fsp3) is 0.588. The standard InChI is InChI=1S/C17H27FN2O3/c1-11(20-16(21)23-17(3,4)5)10-19-12(2)13-7-8-15(22-6)14(18)9-13/h7-9,11-12,19H,10H2,1-6H3,(H,20,21). The fourth-order valence-corrected chi connectivity index (χ4v) is 1.98. The van der Waals surface area contributed by atoms with Gasteiger partial charge in [0.25, 0.3) is 0 Å². The number of methoxy groups -OCH3 is 1. The SMILES string of the molecule is COc1ccc(C(C)NCC(C)NC(=O)OC(C)(C)C)cc1F. The third kappa shape index (κ3) is 6.86. The summed E-state index contributed by atoms with van der Waals surface area (Å²) < 4.78 is 23.8. The molecule has 6 heteroatoms. The van der Waals surface area contributed by atoms with Crippen molar-refractivity contribution in [3.8, 4) is 5.75 Å². The monoisotopic (exact) mass is 326 g/mol. The number of ether oxygens (including phenoxy) is 2. The average Bonchev–Trinajstić information content (AvgIpc) is 2.42. The Morgan fingerprint density at radius 3 is 2.48 bits per heavy atom. The van der Waals surface area contributed by atoms with Crippen LogP contribution in [-0.4, -0.2) is 31.4 Å². The van der Waals surface area contributed by atoms with Crippen molar-refractivity contribution in [1.29, 1.82) is 0 Å². The molecule has 1 aromatic carbocycles. The van der Waals surface area contributed by atoms with E-state index in [0.29, 0.717) is 6.54 Å². The molecule has 0 saturated heterocycles. The first-order valence-electron chi connectivity index (χ1n) is 7.68. The van der Waals surface area contributed by atoms with Gasteiger partial charge in [-0.1, -0.05) is 6.07 Å². The molecule has 0 aliphatic heterocycles. The number of hydrogen-bond acceptors (Lipinski definition) is 4. The van der Waals surface area contributed by atoms with Gasteiger partial charge in [-0.2, -0.15) is 0 Å². The van der Waals surface area contributed by atoms with E-state index in [1.54, 1.807) is 6.07 Å². The summed E-state index contributed by atoms with van der Waals surface area (Å²) in [4.78, 5) is 11.7. The van der Waals surface area contributed by atoms with Gasteiger partial charge in [0, 0.05) is 18.6 Å². The van der Waals surface area contributed by atoms with Gasteiger partial charge in [-0.05, 0) is 52.3 Å². The molecule has 1 aromatic rings. The van der Waals surface area contributed by atoms with Crippen LogP contribution in [0.5, 0.6) is 5.75 Å². The maximum Gasteiger partial charge on any atom is 0.407 e. The zero-order valence-electron chi connectivity index (χ0n) is 14.7. The number of carbonyl (C=O) groups is 1. The van der Waals surface area contributed by atoms with Crippen molar-refractivity contribution >= 4 is 6.09 Å². The summed E-state index contributed by atoms with van der Waals surface area (Å²) in [5, 5.41) is 6.01. The molecule has 2 unspecified atom stereocenters. The molecule has 1 amide bonds. The van der Waals surface area contributed by atoms with E-state index in [2.05, 4.69) is 10.6 Å². The molecular weight excluding hydrogens is 299 g/mol. The molecule has 0 aliphatic carbocycles. The van der Waals surface area contributed by atoms with Crippen LogP contribution >= 0.6 is 0 Å². The van der Waals surface area contributed by atoms with E-state index in [-0.39, 0.29) is 17.8 Å². The van der Waals surface area contributed by atoms with E-state index in [9.17, 15) is 9.18 Å². The topological polar surface area (TPSA) is 59.6 Å². The maximum atomic E-state index is 13.7. The molecule has 130 valence electrons. The molecule has 0 aliphatic rings. The van der Waals surface area contributed by atoms with Crippen molar-refractivity contribution in [3.63, 3.8) is 0 Å². The van der Waals surface area contributed by atoms with Gasteiger partial charge in [0.2, 0.25) is 0 Å². The predicted molar refractivity (Wildman–Crippen MR) is 88.2 cm³/mol. The Hall–Kier alpha value is -1.82. The summed E-state index contributed by atoms with van der Waals surface area (Å²) in [6, 6.07) is 4.69. The first-order chi connectivity index (χ1) is 10.6. The summed E-state index contributed by atoms with van der Waals surface area (Å²) in [5.41, 5.74) is 0.290. The van der Waals surface area contributed by atoms with E-state index in [1.165, 1.54) is 13.2 Å². The summed E-state index contributed by atoms with van der Waals surface area (Å²) in [7, 11) is 1.43. The molecule has 1 rings (SSSR count). The van der Waals surface area contributed by atoms with E-state index >= 15 is 0 Å². The van der Waals surface area contributed by atoms with Gasteiger partial charge >= 0.3 is 6.09 Å². The van der Waals surface area contributed by atoms with Crippen LogP contribution in [0.15, 0.2) is 18.2 Å². The Kier molecular flexibility index (Phi) is 6.81. The molecule has 0 radical (unpaired) electrons. The molecule has 5 nitrogen and oxygen atoms in total. The number of nitrogens with one attached hydrogen (secondary N) is 2. The lowest BCUT2D eigenvalue weighted by Crippen LogP contribution is -2.43. The lowest BCUT2D eigenvalue weighted by atomic mass is 10.1. The van der Waals surface area contributed by atoms with Gasteiger partial charge in [0.15, 0.2) is 11.6 Å². The lowest BCUT2D eigenvalue weighted by molar-refractivity contribution is 0.0507. The van der Waals surface area contributed by atoms with Gasteiger partial charge in [0.1, 0.15) is 5.60 Å². The highest BCUT2D eigenvalue weighted by Gasteiger charge is 2.18. The third-order valence-corrected chi connectivity index (χ3v) is 3.17. The predicted octanol–water partition coefficient (Wildman–Crippen LogP) is 3.40. The van der Waals surface area contributed by atoms with Crippen LogP contribution in [-0.2, 0) is 4.74 Å². The van der Waals surface area contributed by atoms with Crippen molar-refractivity contribution in [2.45, 2.75) is 52.3 Å². The normalized spacial score (nSPS) is 14.0. The van der Waals surface area contributed by atoms with E-state index in [1.807, 2.05) is 40.7 Å². The van der Waals surface area contributed by atoms with Crippen LogP contribution in [0, 0.1) is 5.82 Å². The number of benzene rings is 1. The molecular formula is C17H27FN2O3. The highest BCUT2D eigenvalue weighted by Crippen LogP contribution is 2.21. The van der Waals surface area contributed by atoms with Crippen LogP contribution in [0.2, 0.25) is 0 Å². The summed E-state index contributed by atoms with van der Waals surface area (Å²) in [5.74, 6) is -0.167. The largest absolute Gasteiger partial charge is 0.494 e. The summed E-state index contributed by atoms with van der Waals surface area (Å²) in [6.45, 7) is 9.79. The molecule has 23 heavy (non-hydrogen) atoms. The van der Waals surface area contributed by atoms with Crippen molar-refractivity contribution in [1.82, 2.24) is 10.6 Å². The summed E-state index contributed by atoms with van der Waals surface area (Å²) in [6.07, 6.45) is -0.449. The molecule has 0 saturated carbocycles. The number of hydrogen-bond donors (Lipinski definition) is 2. The molecule has 0 spiro atoms.